The molecule has 2 rings (SSSR count). The monoisotopic (exact) mass is 285 g/mol. The standard InChI is InChI=1S/C15H21F2NO2/c1-9(2)18-8-10-6-11(16)15(12(17)7-10)20-14-5-3-4-13(14)19/h6-7,9,13-14,18-19H,3-5,8H2,1-2H3. The minimum Gasteiger partial charge on any atom is -0.482 e. The van der Waals surface area contributed by atoms with Gasteiger partial charge < -0.3 is 15.2 Å². The largest absolute Gasteiger partial charge is 0.482 e. The summed E-state index contributed by atoms with van der Waals surface area (Å²) in [6, 6.07) is 2.79. The van der Waals surface area contributed by atoms with Gasteiger partial charge in [-0.05, 0) is 37.0 Å². The van der Waals surface area contributed by atoms with Crippen molar-refractivity contribution < 1.29 is 18.6 Å². The first-order valence-corrected chi connectivity index (χ1v) is 7.03. The molecule has 20 heavy (non-hydrogen) atoms. The van der Waals surface area contributed by atoms with E-state index < -0.39 is 23.8 Å². The summed E-state index contributed by atoms with van der Waals surface area (Å²) in [6.45, 7) is 4.33. The van der Waals surface area contributed by atoms with Gasteiger partial charge in [-0.3, -0.25) is 0 Å². The van der Waals surface area contributed by atoms with E-state index in [0.717, 1.165) is 6.42 Å². The molecule has 0 bridgehead atoms. The fourth-order valence-electron chi connectivity index (χ4n) is 2.34. The quantitative estimate of drug-likeness (QED) is 0.874. The van der Waals surface area contributed by atoms with Crippen molar-refractivity contribution >= 4 is 0 Å². The predicted molar refractivity (Wildman–Crippen MR) is 72.6 cm³/mol. The van der Waals surface area contributed by atoms with Crippen molar-refractivity contribution in [2.24, 2.45) is 0 Å². The lowest BCUT2D eigenvalue weighted by atomic mass is 10.2. The molecule has 1 saturated carbocycles. The van der Waals surface area contributed by atoms with E-state index in [2.05, 4.69) is 5.32 Å². The molecule has 0 heterocycles. The fourth-order valence-corrected chi connectivity index (χ4v) is 2.34. The summed E-state index contributed by atoms with van der Waals surface area (Å²) in [4.78, 5) is 0. The highest BCUT2D eigenvalue weighted by molar-refractivity contribution is 5.31. The molecule has 0 aliphatic heterocycles. The van der Waals surface area contributed by atoms with Gasteiger partial charge in [0.15, 0.2) is 17.4 Å². The Kier molecular flexibility index (Phi) is 4.94. The van der Waals surface area contributed by atoms with E-state index in [4.69, 9.17) is 4.74 Å². The molecular weight excluding hydrogens is 264 g/mol. The molecule has 0 spiro atoms. The second-order valence-electron chi connectivity index (χ2n) is 5.58. The zero-order valence-electron chi connectivity index (χ0n) is 11.8. The second-order valence-corrected chi connectivity index (χ2v) is 5.58. The molecule has 1 aliphatic rings. The van der Waals surface area contributed by atoms with Crippen LogP contribution in [0.3, 0.4) is 0 Å². The number of ether oxygens (including phenoxy) is 1. The summed E-state index contributed by atoms with van der Waals surface area (Å²) in [7, 11) is 0. The number of hydrogen-bond donors (Lipinski definition) is 2. The average molecular weight is 285 g/mol. The highest BCUT2D eigenvalue weighted by Crippen LogP contribution is 2.29. The Bertz CT molecular complexity index is 442. The van der Waals surface area contributed by atoms with Crippen LogP contribution in [0.5, 0.6) is 5.75 Å². The Morgan fingerprint density at radius 1 is 1.30 bits per heavy atom. The molecule has 2 unspecified atom stereocenters. The average Bonchev–Trinajstić information content (AvgIpc) is 2.77. The molecule has 0 radical (unpaired) electrons. The molecule has 0 saturated heterocycles. The molecule has 5 heteroatoms. The summed E-state index contributed by atoms with van der Waals surface area (Å²) in [5.74, 6) is -1.82. The fraction of sp³-hybridized carbons (Fsp3) is 0.600. The molecule has 112 valence electrons. The molecule has 1 aliphatic carbocycles. The van der Waals surface area contributed by atoms with Gasteiger partial charge in [-0.2, -0.15) is 0 Å². The van der Waals surface area contributed by atoms with Crippen LogP contribution in [0, 0.1) is 11.6 Å². The van der Waals surface area contributed by atoms with Gasteiger partial charge in [0.1, 0.15) is 6.10 Å². The minimum atomic E-state index is -0.718. The highest BCUT2D eigenvalue weighted by atomic mass is 19.1. The van der Waals surface area contributed by atoms with E-state index in [9.17, 15) is 13.9 Å². The Morgan fingerprint density at radius 2 is 1.95 bits per heavy atom. The van der Waals surface area contributed by atoms with E-state index in [1.54, 1.807) is 0 Å². The number of benzene rings is 1. The summed E-state index contributed by atoms with van der Waals surface area (Å²) >= 11 is 0. The van der Waals surface area contributed by atoms with Crippen molar-refractivity contribution in [1.82, 2.24) is 5.32 Å². The maximum Gasteiger partial charge on any atom is 0.191 e. The van der Waals surface area contributed by atoms with E-state index in [0.29, 0.717) is 24.9 Å². The maximum absolute atomic E-state index is 13.9. The first-order valence-electron chi connectivity index (χ1n) is 7.03. The third-order valence-electron chi connectivity index (χ3n) is 3.46. The van der Waals surface area contributed by atoms with Crippen LogP contribution in [0.2, 0.25) is 0 Å². The SMILES string of the molecule is CC(C)NCc1cc(F)c(OC2CCCC2O)c(F)c1. The normalized spacial score (nSPS) is 22.5. The lowest BCUT2D eigenvalue weighted by molar-refractivity contribution is 0.0551. The van der Waals surface area contributed by atoms with Gasteiger partial charge in [0, 0.05) is 12.6 Å². The first-order chi connectivity index (χ1) is 9.47. The number of halogens is 2. The Hall–Kier alpha value is -1.20. The summed E-state index contributed by atoms with van der Waals surface area (Å²) in [6.07, 6.45) is 0.890. The van der Waals surface area contributed by atoms with Crippen molar-refractivity contribution in [3.05, 3.63) is 29.3 Å². The zero-order chi connectivity index (χ0) is 14.7. The van der Waals surface area contributed by atoms with Crippen molar-refractivity contribution in [2.45, 2.75) is 57.9 Å². The first kappa shape index (κ1) is 15.2. The summed E-state index contributed by atoms with van der Waals surface area (Å²) in [5, 5.41) is 12.8. The van der Waals surface area contributed by atoms with Crippen LogP contribution in [0.25, 0.3) is 0 Å². The summed E-state index contributed by atoms with van der Waals surface area (Å²) < 4.78 is 33.2. The smallest absolute Gasteiger partial charge is 0.191 e. The van der Waals surface area contributed by atoms with Gasteiger partial charge in [-0.15, -0.1) is 0 Å². The molecule has 0 aromatic heterocycles. The predicted octanol–water partition coefficient (Wildman–Crippen LogP) is 2.76. The molecular formula is C15H21F2NO2. The maximum atomic E-state index is 13.9. The van der Waals surface area contributed by atoms with Crippen molar-refractivity contribution in [3.63, 3.8) is 0 Å². The van der Waals surface area contributed by atoms with Crippen LogP contribution < -0.4 is 10.1 Å². The zero-order valence-corrected chi connectivity index (χ0v) is 11.8. The van der Waals surface area contributed by atoms with Crippen LogP contribution in [0.1, 0.15) is 38.7 Å². The van der Waals surface area contributed by atoms with E-state index in [1.165, 1.54) is 12.1 Å². The molecule has 3 nitrogen and oxygen atoms in total. The molecule has 1 aromatic rings. The van der Waals surface area contributed by atoms with Crippen LogP contribution in [0.4, 0.5) is 8.78 Å². The van der Waals surface area contributed by atoms with Gasteiger partial charge in [0.25, 0.3) is 0 Å². The van der Waals surface area contributed by atoms with E-state index in [-0.39, 0.29) is 11.8 Å². The molecule has 1 aromatic carbocycles. The minimum absolute atomic E-state index is 0.241. The number of hydrogen-bond acceptors (Lipinski definition) is 3. The molecule has 0 amide bonds. The van der Waals surface area contributed by atoms with Crippen molar-refractivity contribution in [1.29, 1.82) is 0 Å². The number of nitrogens with one attached hydrogen (secondary N) is 1. The Labute approximate surface area is 117 Å². The van der Waals surface area contributed by atoms with Gasteiger partial charge in [-0.25, -0.2) is 8.78 Å². The highest BCUT2D eigenvalue weighted by Gasteiger charge is 2.29. The second kappa shape index (κ2) is 6.50. The van der Waals surface area contributed by atoms with E-state index >= 15 is 0 Å². The van der Waals surface area contributed by atoms with Gasteiger partial charge >= 0.3 is 0 Å². The van der Waals surface area contributed by atoms with Crippen LogP contribution in [-0.2, 0) is 6.54 Å². The van der Waals surface area contributed by atoms with Gasteiger partial charge in [0.2, 0.25) is 0 Å². The van der Waals surface area contributed by atoms with Crippen LogP contribution in [0.15, 0.2) is 12.1 Å². The van der Waals surface area contributed by atoms with Crippen molar-refractivity contribution in [3.8, 4) is 5.75 Å². The number of rotatable bonds is 5. The van der Waals surface area contributed by atoms with E-state index in [1.807, 2.05) is 13.8 Å². The molecule has 1 fully saturated rings. The summed E-state index contributed by atoms with van der Waals surface area (Å²) in [5.41, 5.74) is 0.535. The molecule has 2 N–H and O–H groups in total. The Balaban J connectivity index is 2.10. The number of aliphatic hydroxyl groups is 1. The van der Waals surface area contributed by atoms with Crippen molar-refractivity contribution in [2.75, 3.05) is 0 Å². The lowest BCUT2D eigenvalue weighted by Crippen LogP contribution is -2.26. The third kappa shape index (κ3) is 3.67. The number of aliphatic hydroxyl groups excluding tert-OH is 1. The Morgan fingerprint density at radius 3 is 2.45 bits per heavy atom. The third-order valence-corrected chi connectivity index (χ3v) is 3.46. The van der Waals surface area contributed by atoms with Gasteiger partial charge in [0.05, 0.1) is 6.10 Å². The molecule has 2 atom stereocenters. The topological polar surface area (TPSA) is 41.5 Å². The van der Waals surface area contributed by atoms with Crippen LogP contribution in [-0.4, -0.2) is 23.4 Å². The van der Waals surface area contributed by atoms with Crippen LogP contribution >= 0.6 is 0 Å². The van der Waals surface area contributed by atoms with Gasteiger partial charge in [-0.1, -0.05) is 13.8 Å². The lowest BCUT2D eigenvalue weighted by Gasteiger charge is -2.18.